The lowest BCUT2D eigenvalue weighted by atomic mass is 9.86. The Hall–Kier alpha value is -3.89. The second-order valence-corrected chi connectivity index (χ2v) is 11.1. The van der Waals surface area contributed by atoms with Crippen LogP contribution >= 0.6 is 34.6 Å². The Labute approximate surface area is 221 Å². The number of aryl methyl sites for hydroxylation is 1. The first-order chi connectivity index (χ1) is 17.8. The van der Waals surface area contributed by atoms with Gasteiger partial charge in [-0.05, 0) is 12.8 Å². The number of pyridine rings is 1. The Morgan fingerprint density at radius 3 is 2.73 bits per heavy atom. The fourth-order valence-electron chi connectivity index (χ4n) is 4.07. The van der Waals surface area contributed by atoms with Crippen LogP contribution in [0.3, 0.4) is 0 Å². The van der Waals surface area contributed by atoms with Gasteiger partial charge >= 0.3 is 5.97 Å². The molecule has 13 nitrogen and oxygen atoms in total. The number of fused-ring (bicyclic) bond motifs is 1. The number of β-lactam (4-membered cyclic amide) rings is 1. The molecule has 5 rings (SSSR count). The number of hydrogen-bond acceptors (Lipinski definition) is 12. The predicted octanol–water partition coefficient (Wildman–Crippen LogP) is 0.825. The van der Waals surface area contributed by atoms with Crippen LogP contribution in [0.2, 0.25) is 0 Å². The zero-order valence-electron chi connectivity index (χ0n) is 19.1. The molecule has 0 bridgehead atoms. The lowest BCUT2D eigenvalue weighted by Crippen LogP contribution is -2.72. The minimum absolute atomic E-state index is 0.0774. The topological polar surface area (TPSA) is 188 Å². The number of thioether (sulfide) groups is 1. The molecule has 16 heteroatoms. The SMILES string of the molecule is C[n+]1ccc(-c2csc(SC3=C(C(=O)O)N4C(=O)C(NC(=O)/C(=N\O)c5nsc(N)n5)C4CC3)n2)cc1. The van der Waals surface area contributed by atoms with Gasteiger partial charge in [-0.15, -0.1) is 11.3 Å². The summed E-state index contributed by atoms with van der Waals surface area (Å²) < 4.78 is 6.41. The zero-order valence-corrected chi connectivity index (χ0v) is 21.5. The number of carbonyl (C=O) groups is 3. The molecule has 0 spiro atoms. The lowest BCUT2D eigenvalue weighted by Gasteiger charge is -2.49. The molecule has 1 saturated heterocycles. The average Bonchev–Trinajstić information content (AvgIpc) is 3.52. The van der Waals surface area contributed by atoms with E-state index in [4.69, 9.17) is 5.73 Å². The molecule has 190 valence electrons. The first kappa shape index (κ1) is 24.8. The zero-order chi connectivity index (χ0) is 26.3. The summed E-state index contributed by atoms with van der Waals surface area (Å²) >= 11 is 3.44. The van der Waals surface area contributed by atoms with Crippen LogP contribution in [-0.4, -0.2) is 65.1 Å². The van der Waals surface area contributed by atoms with Crippen molar-refractivity contribution in [2.75, 3.05) is 5.73 Å². The molecular weight excluding hydrogens is 540 g/mol. The van der Waals surface area contributed by atoms with Gasteiger partial charge in [-0.1, -0.05) is 16.9 Å². The van der Waals surface area contributed by atoms with Gasteiger partial charge in [0.15, 0.2) is 21.9 Å². The number of aromatic nitrogens is 4. The van der Waals surface area contributed by atoms with E-state index in [0.29, 0.717) is 22.1 Å². The quantitative estimate of drug-likeness (QED) is 0.106. The average molecular weight is 560 g/mol. The normalized spacial score (nSPS) is 19.4. The first-order valence-corrected chi connectivity index (χ1v) is 13.2. The number of nitrogen functional groups attached to an aromatic ring is 1. The minimum Gasteiger partial charge on any atom is -0.477 e. The summed E-state index contributed by atoms with van der Waals surface area (Å²) in [7, 11) is 1.92. The third-order valence-corrected chi connectivity index (χ3v) is 8.44. The van der Waals surface area contributed by atoms with Crippen LogP contribution in [0.1, 0.15) is 18.7 Å². The first-order valence-electron chi connectivity index (χ1n) is 10.8. The minimum atomic E-state index is -1.24. The maximum absolute atomic E-state index is 13.0. The third-order valence-electron chi connectivity index (χ3n) is 5.82. The molecular formula is C21H19N8O5S3+. The molecule has 2 aliphatic rings. The van der Waals surface area contributed by atoms with Crippen LogP contribution in [0, 0.1) is 0 Å². The Kier molecular flexibility index (Phi) is 6.61. The van der Waals surface area contributed by atoms with Crippen molar-refractivity contribution in [3.8, 4) is 11.3 Å². The molecule has 2 unspecified atom stereocenters. The number of anilines is 1. The Balaban J connectivity index is 1.32. The number of aliphatic carboxylic acids is 1. The summed E-state index contributed by atoms with van der Waals surface area (Å²) in [5.74, 6) is -2.86. The maximum atomic E-state index is 13.0. The fraction of sp³-hybridized carbons (Fsp3) is 0.238. The van der Waals surface area contributed by atoms with Crippen molar-refractivity contribution >= 4 is 63.3 Å². The molecule has 5 heterocycles. The van der Waals surface area contributed by atoms with Gasteiger partial charge in [0.25, 0.3) is 11.8 Å². The number of hydrogen-bond donors (Lipinski definition) is 4. The van der Waals surface area contributed by atoms with Crippen LogP contribution in [0.25, 0.3) is 11.3 Å². The molecule has 3 aromatic rings. The van der Waals surface area contributed by atoms with Crippen LogP contribution in [0.4, 0.5) is 5.13 Å². The van der Waals surface area contributed by atoms with Crippen molar-refractivity contribution in [1.29, 1.82) is 0 Å². The van der Waals surface area contributed by atoms with E-state index in [0.717, 1.165) is 22.8 Å². The number of carboxylic acid groups (broad SMARTS) is 1. The van der Waals surface area contributed by atoms with Gasteiger partial charge in [0, 0.05) is 39.5 Å². The van der Waals surface area contributed by atoms with Crippen molar-refractivity contribution in [1.82, 2.24) is 24.6 Å². The third kappa shape index (κ3) is 4.65. The molecule has 2 amide bonds. The highest BCUT2D eigenvalue weighted by Gasteiger charge is 2.54. The van der Waals surface area contributed by atoms with E-state index < -0.39 is 35.6 Å². The number of carbonyl (C=O) groups excluding carboxylic acids is 2. The molecule has 0 saturated carbocycles. The van der Waals surface area contributed by atoms with Crippen molar-refractivity contribution in [2.24, 2.45) is 12.2 Å². The van der Waals surface area contributed by atoms with Gasteiger partial charge < -0.3 is 21.4 Å². The number of thiazole rings is 1. The van der Waals surface area contributed by atoms with E-state index in [9.17, 15) is 24.7 Å². The second kappa shape index (κ2) is 9.87. The monoisotopic (exact) mass is 559 g/mol. The van der Waals surface area contributed by atoms with Crippen molar-refractivity contribution < 1.29 is 29.3 Å². The standard InChI is InChI=1S/C21H18N8O5S3/c1-28-6-4-9(5-7-28)10-8-35-21(23-10)36-12-3-2-11-13(18(31)29(11)15(12)19(32)33)24-17(30)14(26-34)16-25-20(22)37-27-16/h4-8,11,13H,2-3H2,1H3,(H4-,22,24,25,27,30,32,33,34)/p+1. The Morgan fingerprint density at radius 2 is 2.08 bits per heavy atom. The highest BCUT2D eigenvalue weighted by Crippen LogP contribution is 2.44. The van der Waals surface area contributed by atoms with Crippen molar-refractivity contribution in [3.05, 3.63) is 46.3 Å². The fourth-order valence-corrected chi connectivity index (χ4v) is 6.56. The van der Waals surface area contributed by atoms with Crippen LogP contribution in [0.15, 0.2) is 50.0 Å². The molecule has 3 aromatic heterocycles. The van der Waals surface area contributed by atoms with Gasteiger partial charge in [-0.25, -0.2) is 14.3 Å². The lowest BCUT2D eigenvalue weighted by molar-refractivity contribution is -0.671. The number of nitrogens with two attached hydrogens (primary N) is 1. The van der Waals surface area contributed by atoms with Gasteiger partial charge in [-0.3, -0.25) is 14.5 Å². The molecule has 1 fully saturated rings. The molecule has 5 N–H and O–H groups in total. The van der Waals surface area contributed by atoms with E-state index in [1.807, 2.05) is 41.5 Å². The summed E-state index contributed by atoms with van der Waals surface area (Å²) in [5, 5.41) is 26.6. The summed E-state index contributed by atoms with van der Waals surface area (Å²) in [6.07, 6.45) is 4.64. The highest BCUT2D eigenvalue weighted by molar-refractivity contribution is 8.04. The predicted molar refractivity (Wildman–Crippen MR) is 134 cm³/mol. The van der Waals surface area contributed by atoms with E-state index in [1.54, 1.807) is 0 Å². The molecule has 0 radical (unpaired) electrons. The number of amides is 2. The number of oxime groups is 1. The van der Waals surface area contributed by atoms with Crippen LogP contribution < -0.4 is 15.6 Å². The van der Waals surface area contributed by atoms with Crippen molar-refractivity contribution in [2.45, 2.75) is 29.3 Å². The highest BCUT2D eigenvalue weighted by atomic mass is 32.2. The largest absolute Gasteiger partial charge is 0.477 e. The van der Waals surface area contributed by atoms with Crippen LogP contribution in [0.5, 0.6) is 0 Å². The number of rotatable bonds is 7. The van der Waals surface area contributed by atoms with E-state index >= 15 is 0 Å². The van der Waals surface area contributed by atoms with Gasteiger partial charge in [0.2, 0.25) is 11.5 Å². The van der Waals surface area contributed by atoms with E-state index in [2.05, 4.69) is 24.8 Å². The second-order valence-electron chi connectivity index (χ2n) is 8.10. The van der Waals surface area contributed by atoms with Crippen LogP contribution in [-0.2, 0) is 21.4 Å². The van der Waals surface area contributed by atoms with Gasteiger partial charge in [0.05, 0.1) is 11.7 Å². The number of nitrogens with zero attached hydrogens (tertiary/aromatic N) is 6. The Morgan fingerprint density at radius 1 is 1.32 bits per heavy atom. The number of carboxylic acids is 1. The number of allylic oxidation sites excluding steroid dienone is 1. The smallest absolute Gasteiger partial charge is 0.353 e. The molecule has 0 aliphatic carbocycles. The van der Waals surface area contributed by atoms with E-state index in [1.165, 1.54) is 28.0 Å². The summed E-state index contributed by atoms with van der Waals surface area (Å²) in [4.78, 5) is 47.9. The van der Waals surface area contributed by atoms with E-state index in [-0.39, 0.29) is 16.7 Å². The number of nitrogens with one attached hydrogen (secondary N) is 1. The molecule has 0 aromatic carbocycles. The summed E-state index contributed by atoms with van der Waals surface area (Å²) in [5.41, 5.74) is 6.62. The van der Waals surface area contributed by atoms with Gasteiger partial charge in [0.1, 0.15) is 18.8 Å². The van der Waals surface area contributed by atoms with Gasteiger partial charge in [-0.2, -0.15) is 9.36 Å². The Bertz CT molecular complexity index is 1460. The molecule has 2 aliphatic heterocycles. The molecule has 37 heavy (non-hydrogen) atoms. The van der Waals surface area contributed by atoms with Crippen molar-refractivity contribution in [3.63, 3.8) is 0 Å². The summed E-state index contributed by atoms with van der Waals surface area (Å²) in [6, 6.07) is 2.34. The summed E-state index contributed by atoms with van der Waals surface area (Å²) in [6.45, 7) is 0. The molecule has 2 atom stereocenters. The maximum Gasteiger partial charge on any atom is 0.353 e.